The van der Waals surface area contributed by atoms with Gasteiger partial charge in [-0.2, -0.15) is 22.6 Å². The number of pyridine rings is 1. The molecule has 3 aromatic rings. The van der Waals surface area contributed by atoms with Gasteiger partial charge in [-0.05, 0) is 46.5 Å². The summed E-state index contributed by atoms with van der Waals surface area (Å²) in [7, 11) is 0. The highest BCUT2D eigenvalue weighted by molar-refractivity contribution is 7.98. The zero-order valence-corrected chi connectivity index (χ0v) is 13.9. The van der Waals surface area contributed by atoms with E-state index in [0.29, 0.717) is 9.76 Å². The Labute approximate surface area is 148 Å². The maximum atomic E-state index is 13.3. The van der Waals surface area contributed by atoms with E-state index in [0.717, 1.165) is 22.5 Å². The van der Waals surface area contributed by atoms with Gasteiger partial charge >= 0.3 is 6.18 Å². The van der Waals surface area contributed by atoms with Gasteiger partial charge in [-0.15, -0.1) is 5.10 Å². The minimum Gasteiger partial charge on any atom is -0.618 e. The standard InChI is InChI=1S/C14H9ClF3N5OS/c15-9-4-5-11(10(7-9)14(16,17)18)23-12(19-20-21-23)8-25-13-3-1-2-6-22(13)24/h1-7H,8H2. The van der Waals surface area contributed by atoms with Crippen molar-refractivity contribution in [3.63, 3.8) is 0 Å². The van der Waals surface area contributed by atoms with Crippen molar-refractivity contribution in [2.45, 2.75) is 17.0 Å². The Hall–Kier alpha value is -2.33. The number of tetrazole rings is 1. The molecule has 0 saturated heterocycles. The zero-order valence-electron chi connectivity index (χ0n) is 12.3. The summed E-state index contributed by atoms with van der Waals surface area (Å²) < 4.78 is 41.4. The third-order valence-electron chi connectivity index (χ3n) is 3.16. The molecule has 0 aliphatic heterocycles. The van der Waals surface area contributed by atoms with E-state index in [9.17, 15) is 18.4 Å². The van der Waals surface area contributed by atoms with Gasteiger partial charge < -0.3 is 5.21 Å². The SMILES string of the molecule is [O-][n+]1ccccc1SCc1nnnn1-c1ccc(Cl)cc1C(F)(F)F. The van der Waals surface area contributed by atoms with Crippen LogP contribution in [0.2, 0.25) is 5.02 Å². The van der Waals surface area contributed by atoms with E-state index in [2.05, 4.69) is 15.5 Å². The fourth-order valence-corrected chi connectivity index (χ4v) is 3.06. The van der Waals surface area contributed by atoms with Crippen LogP contribution in [-0.4, -0.2) is 20.2 Å². The van der Waals surface area contributed by atoms with Gasteiger partial charge in [-0.3, -0.25) is 0 Å². The van der Waals surface area contributed by atoms with Crippen LogP contribution >= 0.6 is 23.4 Å². The van der Waals surface area contributed by atoms with Crippen LogP contribution in [0.1, 0.15) is 11.4 Å². The average Bonchev–Trinajstić information content (AvgIpc) is 3.01. The molecule has 1 aromatic carbocycles. The first-order valence-corrected chi connectivity index (χ1v) is 8.18. The number of halogens is 4. The van der Waals surface area contributed by atoms with Crippen molar-refractivity contribution in [1.82, 2.24) is 20.2 Å². The number of hydrogen-bond acceptors (Lipinski definition) is 5. The van der Waals surface area contributed by atoms with Gasteiger partial charge in [0.1, 0.15) is 0 Å². The molecule has 3 rings (SSSR count). The molecule has 0 N–H and O–H groups in total. The van der Waals surface area contributed by atoms with Crippen LogP contribution in [0.25, 0.3) is 5.69 Å². The quantitative estimate of drug-likeness (QED) is 0.390. The smallest absolute Gasteiger partial charge is 0.418 e. The van der Waals surface area contributed by atoms with Crippen LogP contribution in [0, 0.1) is 5.21 Å². The lowest BCUT2D eigenvalue weighted by atomic mass is 10.1. The fraction of sp³-hybridized carbons (Fsp3) is 0.143. The molecule has 0 saturated carbocycles. The van der Waals surface area contributed by atoms with Crippen molar-refractivity contribution >= 4 is 23.4 Å². The molecule has 0 bridgehead atoms. The summed E-state index contributed by atoms with van der Waals surface area (Å²) in [6.45, 7) is 0. The second-order valence-corrected chi connectivity index (χ2v) is 6.25. The Kier molecular flexibility index (Phi) is 4.82. The summed E-state index contributed by atoms with van der Waals surface area (Å²) in [5.41, 5.74) is -1.18. The van der Waals surface area contributed by atoms with E-state index in [1.54, 1.807) is 18.2 Å². The number of rotatable bonds is 4. The number of benzene rings is 1. The Morgan fingerprint density at radius 3 is 2.76 bits per heavy atom. The van der Waals surface area contributed by atoms with Crippen LogP contribution in [0.5, 0.6) is 0 Å². The molecule has 0 radical (unpaired) electrons. The lowest BCUT2D eigenvalue weighted by molar-refractivity contribution is -0.645. The summed E-state index contributed by atoms with van der Waals surface area (Å²) in [6.07, 6.45) is -3.29. The first-order chi connectivity index (χ1) is 11.9. The lowest BCUT2D eigenvalue weighted by Gasteiger charge is -2.13. The molecule has 0 amide bonds. The number of hydrogen-bond donors (Lipinski definition) is 0. The molecule has 25 heavy (non-hydrogen) atoms. The lowest BCUT2D eigenvalue weighted by Crippen LogP contribution is -2.27. The van der Waals surface area contributed by atoms with Crippen LogP contribution < -0.4 is 4.73 Å². The third-order valence-corrected chi connectivity index (χ3v) is 4.41. The molecule has 0 aliphatic carbocycles. The van der Waals surface area contributed by atoms with Gasteiger partial charge in [0, 0.05) is 17.2 Å². The van der Waals surface area contributed by atoms with Crippen LogP contribution in [0.4, 0.5) is 13.2 Å². The van der Waals surface area contributed by atoms with Crippen LogP contribution in [0.3, 0.4) is 0 Å². The fourth-order valence-electron chi connectivity index (χ4n) is 2.07. The summed E-state index contributed by atoms with van der Waals surface area (Å²) in [4.78, 5) is 0. The molecule has 0 atom stereocenters. The molecule has 0 fully saturated rings. The highest BCUT2D eigenvalue weighted by atomic mass is 35.5. The van der Waals surface area contributed by atoms with Gasteiger partial charge in [0.2, 0.25) is 0 Å². The molecular weight excluding hydrogens is 379 g/mol. The minimum atomic E-state index is -4.62. The zero-order chi connectivity index (χ0) is 18.0. The summed E-state index contributed by atoms with van der Waals surface area (Å²) in [5, 5.41) is 22.8. The largest absolute Gasteiger partial charge is 0.618 e. The van der Waals surface area contributed by atoms with Crippen molar-refractivity contribution in [1.29, 1.82) is 0 Å². The number of thioether (sulfide) groups is 1. The maximum Gasteiger partial charge on any atom is 0.418 e. The van der Waals surface area contributed by atoms with Crippen LogP contribution in [0.15, 0.2) is 47.6 Å². The highest BCUT2D eigenvalue weighted by Gasteiger charge is 2.35. The normalized spacial score (nSPS) is 11.7. The third kappa shape index (κ3) is 3.85. The predicted molar refractivity (Wildman–Crippen MR) is 84.1 cm³/mol. The van der Waals surface area contributed by atoms with Gasteiger partial charge in [0.15, 0.2) is 12.0 Å². The van der Waals surface area contributed by atoms with E-state index in [4.69, 9.17) is 11.6 Å². The van der Waals surface area contributed by atoms with Gasteiger partial charge in [-0.1, -0.05) is 11.6 Å². The second-order valence-electron chi connectivity index (χ2n) is 4.82. The Bertz CT molecular complexity index is 902. The summed E-state index contributed by atoms with van der Waals surface area (Å²) in [5.74, 6) is 0.279. The second kappa shape index (κ2) is 6.89. The van der Waals surface area contributed by atoms with Crippen molar-refractivity contribution in [2.75, 3.05) is 0 Å². The van der Waals surface area contributed by atoms with Crippen molar-refractivity contribution in [3.05, 3.63) is 64.2 Å². The minimum absolute atomic E-state index is 0.0447. The van der Waals surface area contributed by atoms with E-state index < -0.39 is 11.7 Å². The number of alkyl halides is 3. The van der Waals surface area contributed by atoms with E-state index in [-0.39, 0.29) is 22.3 Å². The Morgan fingerprint density at radius 2 is 2.04 bits per heavy atom. The highest BCUT2D eigenvalue weighted by Crippen LogP contribution is 2.35. The molecule has 0 aliphatic rings. The number of aromatic nitrogens is 5. The van der Waals surface area contributed by atoms with Gasteiger partial charge in [-0.25, -0.2) is 0 Å². The molecular formula is C14H9ClF3N5OS. The number of nitrogens with zero attached hydrogens (tertiary/aromatic N) is 5. The molecule has 2 heterocycles. The monoisotopic (exact) mass is 387 g/mol. The van der Waals surface area contributed by atoms with Crippen molar-refractivity contribution in [2.24, 2.45) is 0 Å². The van der Waals surface area contributed by atoms with E-state index in [1.165, 1.54) is 18.3 Å². The maximum absolute atomic E-state index is 13.3. The van der Waals surface area contributed by atoms with Crippen LogP contribution in [-0.2, 0) is 11.9 Å². The topological polar surface area (TPSA) is 70.5 Å². The molecule has 11 heteroatoms. The molecule has 130 valence electrons. The van der Waals surface area contributed by atoms with Crippen molar-refractivity contribution < 1.29 is 17.9 Å². The van der Waals surface area contributed by atoms with E-state index >= 15 is 0 Å². The van der Waals surface area contributed by atoms with E-state index in [1.807, 2.05) is 0 Å². The van der Waals surface area contributed by atoms with Gasteiger partial charge in [0.05, 0.1) is 17.0 Å². The summed E-state index contributed by atoms with van der Waals surface area (Å²) >= 11 is 6.79. The molecule has 6 nitrogen and oxygen atoms in total. The first kappa shape index (κ1) is 17.5. The Morgan fingerprint density at radius 1 is 1.24 bits per heavy atom. The average molecular weight is 388 g/mol. The molecule has 2 aromatic heterocycles. The first-order valence-electron chi connectivity index (χ1n) is 6.81. The molecule has 0 unspecified atom stereocenters. The summed E-state index contributed by atoms with van der Waals surface area (Å²) in [6, 6.07) is 8.19. The van der Waals surface area contributed by atoms with Gasteiger partial charge in [0.25, 0.3) is 5.03 Å². The Balaban J connectivity index is 1.94. The predicted octanol–water partition coefficient (Wildman–Crippen LogP) is 3.26. The van der Waals surface area contributed by atoms with Crippen molar-refractivity contribution in [3.8, 4) is 5.69 Å². The molecule has 0 spiro atoms.